The van der Waals surface area contributed by atoms with E-state index < -0.39 is 0 Å². The van der Waals surface area contributed by atoms with Crippen molar-refractivity contribution in [2.24, 2.45) is 4.99 Å². The van der Waals surface area contributed by atoms with Crippen molar-refractivity contribution in [2.45, 2.75) is 26.2 Å². The lowest BCUT2D eigenvalue weighted by Gasteiger charge is -2.14. The highest BCUT2D eigenvalue weighted by molar-refractivity contribution is 5.75. The summed E-state index contributed by atoms with van der Waals surface area (Å²) in [4.78, 5) is 4.51. The maximum atomic E-state index is 5.94. The van der Waals surface area contributed by atoms with Gasteiger partial charge in [-0.25, -0.2) is 0 Å². The van der Waals surface area contributed by atoms with Crippen molar-refractivity contribution in [3.63, 3.8) is 0 Å². The number of aryl methyl sites for hydroxylation is 1. The number of methoxy groups -OCH3 is 1. The summed E-state index contributed by atoms with van der Waals surface area (Å²) in [6.07, 6.45) is 10.1. The van der Waals surface area contributed by atoms with Gasteiger partial charge in [-0.3, -0.25) is 4.99 Å². The van der Waals surface area contributed by atoms with Crippen LogP contribution in [0.4, 0.5) is 11.4 Å². The Balaban J connectivity index is 0.901. The second-order valence-corrected chi connectivity index (χ2v) is 21.3. The Morgan fingerprint density at radius 1 is 0.323 bits per heavy atom. The molecule has 0 aliphatic carbocycles. The van der Waals surface area contributed by atoms with Crippen molar-refractivity contribution in [1.29, 1.82) is 0 Å². The smallest absolute Gasteiger partial charge is 0.215 e. The monoisotopic (exact) mass is 1370 g/mol. The predicted octanol–water partition coefficient (Wildman–Crippen LogP) is 5.87. The third-order valence-electron chi connectivity index (χ3n) is 13.4. The SMILES string of the molecule is COCCOCCOCCOCCOCCOCCOCCOCCOCCOCCOCCOCCOCCOCCOCCOCCOCCOCCOCCOCCOCCOCCOCCOCC=[N+]1C(=CC=CC=Nc2ccccc2)C(C)(C)c2cc(C)ccc21. The second-order valence-electron chi connectivity index (χ2n) is 21.3. The summed E-state index contributed by atoms with van der Waals surface area (Å²) in [6.45, 7) is 29.9. The molecule has 0 radical (unpaired) electrons. The number of nitrogens with zero attached hydrogens (tertiary/aromatic N) is 2. The Hall–Kier alpha value is -3.70. The number of allylic oxidation sites excluding steroid dienone is 4. The number of fused-ring (bicyclic) bond motifs is 1. The fraction of sp³-hybridized carbons (Fsp3) is 0.743. The molecule has 2 aromatic rings. The summed E-state index contributed by atoms with van der Waals surface area (Å²) in [5.74, 6) is 0. The highest BCUT2D eigenvalue weighted by Crippen LogP contribution is 2.46. The Bertz CT molecular complexity index is 2130. The van der Waals surface area contributed by atoms with Gasteiger partial charge in [0.15, 0.2) is 11.9 Å². The van der Waals surface area contributed by atoms with Crippen LogP contribution in [0.5, 0.6) is 0 Å². The standard InChI is InChI=1S/C70H119N2O24/c1-65-13-14-68-67(64-65)70(2,3)69(12-8-9-15-71-66-10-6-5-7-11-66)72(68)16-17-74-20-21-76-24-25-78-28-29-80-32-33-82-36-37-84-40-41-86-44-45-88-48-49-90-52-53-92-56-57-94-60-61-96-63-62-95-59-58-93-55-54-91-51-50-89-47-46-87-43-42-85-39-38-83-35-34-81-31-30-79-27-26-77-23-22-75-19-18-73-4/h5-16,64H,17-63H2,1-4H3/q+1. The molecular formula is C70H119N2O24+. The van der Waals surface area contributed by atoms with Gasteiger partial charge in [-0.1, -0.05) is 35.9 Å². The van der Waals surface area contributed by atoms with Crippen LogP contribution in [0.2, 0.25) is 0 Å². The zero-order valence-electron chi connectivity index (χ0n) is 58.4. The number of benzene rings is 2. The highest BCUT2D eigenvalue weighted by Gasteiger charge is 2.45. The maximum absolute atomic E-state index is 5.94. The molecule has 0 bridgehead atoms. The number of hydrogen-bond donors (Lipinski definition) is 0. The molecule has 0 atom stereocenters. The summed E-state index contributed by atoms with van der Waals surface area (Å²) in [5, 5.41) is 0. The molecule has 0 spiro atoms. The van der Waals surface area contributed by atoms with E-state index >= 15 is 0 Å². The number of hydrogen-bond acceptors (Lipinski definition) is 25. The number of para-hydroxylation sites is 1. The molecule has 0 aromatic heterocycles. The number of rotatable bonds is 74. The molecule has 0 fully saturated rings. The molecule has 96 heavy (non-hydrogen) atoms. The van der Waals surface area contributed by atoms with Gasteiger partial charge in [-0.05, 0) is 45.0 Å². The van der Waals surface area contributed by atoms with E-state index in [-0.39, 0.29) is 5.41 Å². The lowest BCUT2D eigenvalue weighted by molar-refractivity contribution is -0.378. The summed E-state index contributed by atoms with van der Waals surface area (Å²) < 4.78 is 135. The summed E-state index contributed by atoms with van der Waals surface area (Å²) >= 11 is 0. The van der Waals surface area contributed by atoms with Crippen LogP contribution in [-0.4, -0.2) is 335 Å². The van der Waals surface area contributed by atoms with Crippen molar-refractivity contribution in [1.82, 2.24) is 0 Å². The van der Waals surface area contributed by atoms with Gasteiger partial charge < -0.3 is 114 Å². The molecular weight excluding hydrogens is 1250 g/mol. The average Bonchev–Trinajstić information content (AvgIpc) is 1.60. The van der Waals surface area contributed by atoms with E-state index in [1.807, 2.05) is 48.7 Å². The first-order valence-electron chi connectivity index (χ1n) is 34.0. The molecule has 0 N–H and O–H groups in total. The maximum Gasteiger partial charge on any atom is 0.215 e. The normalized spacial score (nSPS) is 13.9. The van der Waals surface area contributed by atoms with E-state index in [0.29, 0.717) is 311 Å². The first-order valence-corrected chi connectivity index (χ1v) is 34.0. The minimum Gasteiger partial charge on any atom is -0.382 e. The molecule has 0 saturated heterocycles. The third-order valence-corrected chi connectivity index (χ3v) is 13.4. The van der Waals surface area contributed by atoms with Crippen LogP contribution in [0.25, 0.3) is 0 Å². The Morgan fingerprint density at radius 3 is 0.854 bits per heavy atom. The van der Waals surface area contributed by atoms with E-state index in [1.165, 1.54) is 22.5 Å². The minimum atomic E-state index is -0.176. The van der Waals surface area contributed by atoms with Crippen LogP contribution in [-0.2, 0) is 119 Å². The van der Waals surface area contributed by atoms with Crippen molar-refractivity contribution in [3.8, 4) is 0 Å². The van der Waals surface area contributed by atoms with Gasteiger partial charge in [0.05, 0.1) is 315 Å². The Kier molecular flexibility index (Phi) is 60.5. The molecule has 1 aliphatic heterocycles. The van der Waals surface area contributed by atoms with Crippen molar-refractivity contribution in [2.75, 3.05) is 318 Å². The van der Waals surface area contributed by atoms with Crippen LogP contribution in [0.3, 0.4) is 0 Å². The summed E-state index contributed by atoms with van der Waals surface area (Å²) in [6, 6.07) is 16.5. The largest absolute Gasteiger partial charge is 0.382 e. The number of ether oxygens (including phenoxy) is 24. The molecule has 1 aliphatic rings. The quantitative estimate of drug-likeness (QED) is 0.0427. The Labute approximate surface area is 572 Å². The summed E-state index contributed by atoms with van der Waals surface area (Å²) in [7, 11) is 1.64. The molecule has 3 rings (SSSR count). The van der Waals surface area contributed by atoms with Crippen LogP contribution < -0.4 is 0 Å². The van der Waals surface area contributed by atoms with Crippen molar-refractivity contribution < 1.29 is 118 Å². The van der Waals surface area contributed by atoms with Gasteiger partial charge in [0.1, 0.15) is 6.61 Å². The molecule has 26 heteroatoms. The van der Waals surface area contributed by atoms with Gasteiger partial charge in [0, 0.05) is 31.0 Å². The zero-order chi connectivity index (χ0) is 68.1. The van der Waals surface area contributed by atoms with Crippen LogP contribution >= 0.6 is 0 Å². The lowest BCUT2D eigenvalue weighted by atomic mass is 9.83. The minimum absolute atomic E-state index is 0.176. The highest BCUT2D eigenvalue weighted by atomic mass is 16.6. The van der Waals surface area contributed by atoms with Crippen LogP contribution in [0, 0.1) is 6.92 Å². The Morgan fingerprint density at radius 2 is 0.583 bits per heavy atom. The van der Waals surface area contributed by atoms with E-state index in [2.05, 4.69) is 60.8 Å². The zero-order valence-corrected chi connectivity index (χ0v) is 58.4. The average molecular weight is 1370 g/mol. The van der Waals surface area contributed by atoms with Crippen LogP contribution in [0.15, 0.2) is 77.4 Å². The first kappa shape index (κ1) is 86.5. The predicted molar refractivity (Wildman–Crippen MR) is 363 cm³/mol. The molecule has 0 amide bonds. The van der Waals surface area contributed by atoms with E-state index in [9.17, 15) is 0 Å². The first-order chi connectivity index (χ1) is 47.5. The van der Waals surface area contributed by atoms with E-state index in [0.717, 1.165) is 5.69 Å². The topological polar surface area (TPSA) is 237 Å². The van der Waals surface area contributed by atoms with Gasteiger partial charge in [-0.15, -0.1) is 0 Å². The fourth-order valence-electron chi connectivity index (χ4n) is 8.45. The van der Waals surface area contributed by atoms with E-state index in [1.54, 1.807) is 7.11 Å². The summed E-state index contributed by atoms with van der Waals surface area (Å²) in [5.41, 5.74) is 5.62. The molecule has 0 saturated carbocycles. The number of aliphatic imine (C=N–C) groups is 1. The van der Waals surface area contributed by atoms with Gasteiger partial charge in [0.25, 0.3) is 0 Å². The third kappa shape index (κ3) is 51.5. The van der Waals surface area contributed by atoms with Gasteiger partial charge in [-0.2, -0.15) is 4.58 Å². The molecule has 552 valence electrons. The fourth-order valence-corrected chi connectivity index (χ4v) is 8.45. The van der Waals surface area contributed by atoms with Crippen molar-refractivity contribution in [3.05, 3.63) is 83.6 Å². The van der Waals surface area contributed by atoms with E-state index in [4.69, 9.17) is 114 Å². The van der Waals surface area contributed by atoms with Gasteiger partial charge >= 0.3 is 0 Å². The molecule has 1 heterocycles. The van der Waals surface area contributed by atoms with Gasteiger partial charge in [0.2, 0.25) is 5.69 Å². The van der Waals surface area contributed by atoms with Crippen LogP contribution in [0.1, 0.15) is 25.0 Å². The van der Waals surface area contributed by atoms with Crippen molar-refractivity contribution >= 4 is 23.8 Å². The molecule has 2 aromatic carbocycles. The molecule has 26 nitrogen and oxygen atoms in total. The second kappa shape index (κ2) is 67.1. The molecule has 0 unspecified atom stereocenters. The lowest BCUT2D eigenvalue weighted by Crippen LogP contribution is -2.20.